The lowest BCUT2D eigenvalue weighted by molar-refractivity contribution is 0.798. The van der Waals surface area contributed by atoms with Crippen LogP contribution in [-0.2, 0) is 6.04 Å². The number of halogens is 1. The fourth-order valence-corrected chi connectivity index (χ4v) is 2.25. The molecule has 0 aliphatic rings. The third-order valence-electron chi connectivity index (χ3n) is 1.82. The van der Waals surface area contributed by atoms with Gasteiger partial charge in [0.15, 0.2) is 0 Å². The summed E-state index contributed by atoms with van der Waals surface area (Å²) in [5.74, 6) is 0. The number of hydrogen-bond acceptors (Lipinski definition) is 0. The molecule has 1 aromatic rings. The van der Waals surface area contributed by atoms with Gasteiger partial charge in [-0.15, -0.1) is 6.58 Å². The van der Waals surface area contributed by atoms with Crippen LogP contribution < -0.4 is 0 Å². The highest BCUT2D eigenvalue weighted by Gasteiger charge is 2.23. The predicted octanol–water partition coefficient (Wildman–Crippen LogP) is 3.04. The lowest BCUT2D eigenvalue weighted by atomic mass is 10.2. The molecule has 1 rings (SSSR count). The molecule has 12 heavy (non-hydrogen) atoms. The molecule has 0 aromatic heterocycles. The van der Waals surface area contributed by atoms with Gasteiger partial charge < -0.3 is 4.11 Å². The lowest BCUT2D eigenvalue weighted by Gasteiger charge is -2.11. The van der Waals surface area contributed by atoms with Crippen molar-refractivity contribution >= 4 is 8.41 Å². The quantitative estimate of drug-likeness (QED) is 0.495. The summed E-state index contributed by atoms with van der Waals surface area (Å²) < 4.78 is 13.5. The van der Waals surface area contributed by atoms with Gasteiger partial charge in [-0.25, -0.2) is 0 Å². The van der Waals surface area contributed by atoms with Gasteiger partial charge in [0.05, 0.1) is 0 Å². The standard InChI is InChI=1S/C10H13FSi/c1-3-12(2,11)9-10-7-5-4-6-8-10/h3-8H,1,9H2,2H3. The van der Waals surface area contributed by atoms with E-state index in [4.69, 9.17) is 0 Å². The van der Waals surface area contributed by atoms with Gasteiger partial charge in [0, 0.05) is 0 Å². The summed E-state index contributed by atoms with van der Waals surface area (Å²) in [4.78, 5) is 0. The summed E-state index contributed by atoms with van der Waals surface area (Å²) in [6, 6.07) is 10.3. The second kappa shape index (κ2) is 3.67. The first-order chi connectivity index (χ1) is 5.64. The summed E-state index contributed by atoms with van der Waals surface area (Å²) in [5.41, 5.74) is 2.55. The number of hydrogen-bond donors (Lipinski definition) is 0. The third-order valence-corrected chi connectivity index (χ3v) is 3.77. The Morgan fingerprint density at radius 3 is 2.50 bits per heavy atom. The molecule has 0 amide bonds. The van der Waals surface area contributed by atoms with Gasteiger partial charge in [-0.05, 0) is 18.2 Å². The van der Waals surface area contributed by atoms with Crippen LogP contribution in [0.1, 0.15) is 5.56 Å². The van der Waals surface area contributed by atoms with Crippen LogP contribution in [0.4, 0.5) is 4.11 Å². The summed E-state index contributed by atoms with van der Waals surface area (Å²) in [5, 5.41) is 0. The first kappa shape index (κ1) is 9.20. The van der Waals surface area contributed by atoms with Gasteiger partial charge >= 0.3 is 0 Å². The van der Waals surface area contributed by atoms with Crippen LogP contribution >= 0.6 is 0 Å². The highest BCUT2D eigenvalue weighted by molar-refractivity contribution is 6.76. The van der Waals surface area contributed by atoms with Crippen molar-refractivity contribution in [3.05, 3.63) is 48.2 Å². The van der Waals surface area contributed by atoms with E-state index in [1.165, 1.54) is 5.70 Å². The Labute approximate surface area is 73.9 Å². The molecule has 1 unspecified atom stereocenters. The first-order valence-electron chi connectivity index (χ1n) is 4.00. The van der Waals surface area contributed by atoms with Crippen LogP contribution in [0.2, 0.25) is 6.55 Å². The van der Waals surface area contributed by atoms with Crippen molar-refractivity contribution < 1.29 is 4.11 Å². The summed E-state index contributed by atoms with van der Waals surface area (Å²) >= 11 is 0. The van der Waals surface area contributed by atoms with Gasteiger partial charge in [0.25, 0.3) is 8.41 Å². The molecule has 0 bridgehead atoms. The van der Waals surface area contributed by atoms with E-state index < -0.39 is 8.41 Å². The molecule has 0 saturated carbocycles. The molecule has 0 fully saturated rings. The van der Waals surface area contributed by atoms with E-state index in [9.17, 15) is 4.11 Å². The molecule has 0 spiro atoms. The molecule has 64 valence electrons. The van der Waals surface area contributed by atoms with Crippen LogP contribution in [0.5, 0.6) is 0 Å². The van der Waals surface area contributed by atoms with E-state index in [2.05, 4.69) is 6.58 Å². The Balaban J connectivity index is 2.70. The van der Waals surface area contributed by atoms with E-state index in [0.717, 1.165) is 5.56 Å². The molecular weight excluding hydrogens is 167 g/mol. The largest absolute Gasteiger partial charge is 0.308 e. The van der Waals surface area contributed by atoms with Crippen LogP contribution in [0.3, 0.4) is 0 Å². The molecule has 0 heterocycles. The van der Waals surface area contributed by atoms with E-state index >= 15 is 0 Å². The molecule has 2 heteroatoms. The normalized spacial score (nSPS) is 15.2. The van der Waals surface area contributed by atoms with E-state index in [1.54, 1.807) is 6.55 Å². The fraction of sp³-hybridized carbons (Fsp3) is 0.200. The second-order valence-electron chi connectivity index (χ2n) is 3.14. The molecule has 0 aliphatic heterocycles. The van der Waals surface area contributed by atoms with Gasteiger partial charge in [-0.1, -0.05) is 36.0 Å². The number of benzene rings is 1. The van der Waals surface area contributed by atoms with E-state index in [0.29, 0.717) is 6.04 Å². The Morgan fingerprint density at radius 1 is 1.42 bits per heavy atom. The summed E-state index contributed by atoms with van der Waals surface area (Å²) in [6.45, 7) is 5.19. The summed E-state index contributed by atoms with van der Waals surface area (Å²) in [6.07, 6.45) is 0. The molecular formula is C10H13FSi. The minimum absolute atomic E-state index is 0.539. The van der Waals surface area contributed by atoms with Crippen LogP contribution in [0.25, 0.3) is 0 Å². The van der Waals surface area contributed by atoms with E-state index in [-0.39, 0.29) is 0 Å². The first-order valence-corrected chi connectivity index (χ1v) is 6.67. The highest BCUT2D eigenvalue weighted by atomic mass is 28.4. The summed E-state index contributed by atoms with van der Waals surface area (Å²) in [7, 11) is -2.65. The topological polar surface area (TPSA) is 0 Å². The Bertz CT molecular complexity index is 254. The highest BCUT2D eigenvalue weighted by Crippen LogP contribution is 2.13. The van der Waals surface area contributed by atoms with Crippen molar-refractivity contribution in [2.24, 2.45) is 0 Å². The van der Waals surface area contributed by atoms with E-state index in [1.807, 2.05) is 30.3 Å². The maximum absolute atomic E-state index is 13.5. The molecule has 1 aromatic carbocycles. The molecule has 0 saturated heterocycles. The minimum Gasteiger partial charge on any atom is -0.308 e. The van der Waals surface area contributed by atoms with Crippen molar-refractivity contribution in [1.29, 1.82) is 0 Å². The molecule has 0 radical (unpaired) electrons. The average Bonchev–Trinajstić information content (AvgIpc) is 2.06. The van der Waals surface area contributed by atoms with Crippen LogP contribution in [0, 0.1) is 0 Å². The second-order valence-corrected chi connectivity index (χ2v) is 6.46. The zero-order valence-electron chi connectivity index (χ0n) is 7.26. The maximum atomic E-state index is 13.5. The van der Waals surface area contributed by atoms with Gasteiger partial charge in [0.2, 0.25) is 0 Å². The Morgan fingerprint density at radius 2 is 2.00 bits per heavy atom. The zero-order chi connectivity index (χ0) is 9.03. The van der Waals surface area contributed by atoms with Crippen molar-refractivity contribution in [3.63, 3.8) is 0 Å². The number of rotatable bonds is 3. The maximum Gasteiger partial charge on any atom is 0.271 e. The fourth-order valence-electron chi connectivity index (χ4n) is 1.07. The van der Waals surface area contributed by atoms with Crippen molar-refractivity contribution in [1.82, 2.24) is 0 Å². The lowest BCUT2D eigenvalue weighted by Crippen LogP contribution is -2.24. The Hall–Kier alpha value is -0.893. The molecule has 1 atom stereocenters. The van der Waals surface area contributed by atoms with Crippen molar-refractivity contribution in [2.45, 2.75) is 12.6 Å². The average molecular weight is 180 g/mol. The van der Waals surface area contributed by atoms with Crippen molar-refractivity contribution in [2.75, 3.05) is 0 Å². The van der Waals surface area contributed by atoms with Gasteiger partial charge in [-0.3, -0.25) is 0 Å². The zero-order valence-corrected chi connectivity index (χ0v) is 8.26. The smallest absolute Gasteiger partial charge is 0.271 e. The molecule has 0 aliphatic carbocycles. The van der Waals surface area contributed by atoms with Crippen molar-refractivity contribution in [3.8, 4) is 0 Å². The van der Waals surface area contributed by atoms with Gasteiger partial charge in [-0.2, -0.15) is 0 Å². The van der Waals surface area contributed by atoms with Crippen LogP contribution in [0.15, 0.2) is 42.6 Å². The molecule has 0 nitrogen and oxygen atoms in total. The Kier molecular flexibility index (Phi) is 2.81. The SMILES string of the molecule is C=C[Si](C)(F)Cc1ccccc1. The minimum atomic E-state index is -2.65. The van der Waals surface area contributed by atoms with Crippen LogP contribution in [-0.4, -0.2) is 8.41 Å². The van der Waals surface area contributed by atoms with Gasteiger partial charge in [0.1, 0.15) is 0 Å². The third kappa shape index (κ3) is 2.62. The predicted molar refractivity (Wildman–Crippen MR) is 53.1 cm³/mol. The monoisotopic (exact) mass is 180 g/mol. The molecule has 0 N–H and O–H groups in total.